The summed E-state index contributed by atoms with van der Waals surface area (Å²) in [5.74, 6) is 0.619. The van der Waals surface area contributed by atoms with E-state index in [1.165, 1.54) is 11.8 Å². The third-order valence-electron chi connectivity index (χ3n) is 3.58. The van der Waals surface area contributed by atoms with Crippen molar-refractivity contribution in [1.29, 1.82) is 0 Å². The van der Waals surface area contributed by atoms with E-state index >= 15 is 0 Å². The van der Waals surface area contributed by atoms with Crippen molar-refractivity contribution in [3.8, 4) is 0 Å². The first kappa shape index (κ1) is 14.8. The smallest absolute Gasteiger partial charge is 0.254 e. The topological polar surface area (TPSA) is 64.0 Å². The highest BCUT2D eigenvalue weighted by molar-refractivity contribution is 7.99. The van der Waals surface area contributed by atoms with Gasteiger partial charge in [0.15, 0.2) is 5.16 Å². The van der Waals surface area contributed by atoms with E-state index < -0.39 is 0 Å². The maximum Gasteiger partial charge on any atom is 0.254 e. The molecule has 0 saturated carbocycles. The number of aromatic nitrogens is 2. The highest BCUT2D eigenvalue weighted by atomic mass is 32.2. The minimum atomic E-state index is -0.130. The molecule has 6 heteroatoms. The molecule has 1 N–H and O–H groups in total. The van der Waals surface area contributed by atoms with Gasteiger partial charge in [0.05, 0.1) is 6.04 Å². The van der Waals surface area contributed by atoms with E-state index in [1.807, 2.05) is 37.3 Å². The van der Waals surface area contributed by atoms with Crippen LogP contribution in [0.2, 0.25) is 0 Å². The Morgan fingerprint density at radius 3 is 2.91 bits per heavy atom. The van der Waals surface area contributed by atoms with Crippen LogP contribution in [0.5, 0.6) is 0 Å². The molecule has 0 radical (unpaired) electrons. The second-order valence-corrected chi connectivity index (χ2v) is 6.16. The maximum atomic E-state index is 12.2. The molecule has 22 heavy (non-hydrogen) atoms. The van der Waals surface area contributed by atoms with Gasteiger partial charge in [-0.15, -0.1) is 0 Å². The SMILES string of the molecule is CCc1cc(=O)n2c(n1)SCC2CC(=O)Nc1ccccc1. The number of nitrogens with one attached hydrogen (secondary N) is 1. The number of fused-ring (bicyclic) bond motifs is 1. The van der Waals surface area contributed by atoms with Crippen molar-refractivity contribution in [2.75, 3.05) is 11.1 Å². The standard InChI is InChI=1S/C16H17N3O2S/c1-2-11-8-15(21)19-13(10-22-16(19)18-11)9-14(20)17-12-6-4-3-5-7-12/h3-8,13H,2,9-10H2,1H3,(H,17,20). The number of hydrogen-bond acceptors (Lipinski definition) is 4. The number of para-hydroxylation sites is 1. The predicted molar refractivity (Wildman–Crippen MR) is 87.3 cm³/mol. The number of nitrogens with zero attached hydrogens (tertiary/aromatic N) is 2. The number of hydrogen-bond donors (Lipinski definition) is 1. The van der Waals surface area contributed by atoms with Crippen molar-refractivity contribution >= 4 is 23.4 Å². The average molecular weight is 315 g/mol. The molecule has 3 rings (SSSR count). The van der Waals surface area contributed by atoms with E-state index in [4.69, 9.17) is 0 Å². The van der Waals surface area contributed by atoms with Crippen LogP contribution < -0.4 is 10.9 Å². The average Bonchev–Trinajstić information content (AvgIpc) is 2.91. The second kappa shape index (κ2) is 6.36. The lowest BCUT2D eigenvalue weighted by atomic mass is 10.2. The van der Waals surface area contributed by atoms with Crippen LogP contribution in [-0.2, 0) is 11.2 Å². The zero-order valence-corrected chi connectivity index (χ0v) is 13.1. The summed E-state index contributed by atoms with van der Waals surface area (Å²) in [6.45, 7) is 1.98. The van der Waals surface area contributed by atoms with Crippen molar-refractivity contribution in [3.63, 3.8) is 0 Å². The molecule has 1 aromatic heterocycles. The van der Waals surface area contributed by atoms with Crippen molar-refractivity contribution in [2.45, 2.75) is 31.0 Å². The molecule has 0 saturated heterocycles. The number of amides is 1. The molecule has 1 amide bonds. The first-order chi connectivity index (χ1) is 10.7. The van der Waals surface area contributed by atoms with Gasteiger partial charge in [0, 0.05) is 29.6 Å². The van der Waals surface area contributed by atoms with Crippen LogP contribution in [0.25, 0.3) is 0 Å². The second-order valence-electron chi connectivity index (χ2n) is 5.17. The molecule has 0 aliphatic carbocycles. The third kappa shape index (κ3) is 3.06. The van der Waals surface area contributed by atoms with Crippen LogP contribution in [0.15, 0.2) is 46.3 Å². The molecule has 114 valence electrons. The van der Waals surface area contributed by atoms with E-state index in [0.29, 0.717) is 5.75 Å². The third-order valence-corrected chi connectivity index (χ3v) is 4.68. The maximum absolute atomic E-state index is 12.2. The lowest BCUT2D eigenvalue weighted by Gasteiger charge is -2.13. The van der Waals surface area contributed by atoms with E-state index in [-0.39, 0.29) is 23.9 Å². The molecule has 0 bridgehead atoms. The quantitative estimate of drug-likeness (QED) is 0.880. The van der Waals surface area contributed by atoms with Crippen molar-refractivity contribution in [1.82, 2.24) is 9.55 Å². The van der Waals surface area contributed by atoms with Crippen molar-refractivity contribution < 1.29 is 4.79 Å². The van der Waals surface area contributed by atoms with Crippen LogP contribution in [-0.4, -0.2) is 21.2 Å². The fourth-order valence-corrected chi connectivity index (χ4v) is 3.65. The van der Waals surface area contributed by atoms with Crippen LogP contribution in [0.4, 0.5) is 5.69 Å². The number of rotatable bonds is 4. The Morgan fingerprint density at radius 2 is 2.18 bits per heavy atom. The van der Waals surface area contributed by atoms with Gasteiger partial charge in [0.1, 0.15) is 0 Å². The molecule has 1 unspecified atom stereocenters. The molecule has 1 atom stereocenters. The minimum absolute atomic E-state index is 0.0654. The normalized spacial score (nSPS) is 16.3. The molecule has 1 aromatic carbocycles. The van der Waals surface area contributed by atoms with Crippen LogP contribution in [0, 0.1) is 0 Å². The molecule has 0 fully saturated rings. The number of thioether (sulfide) groups is 1. The predicted octanol–water partition coefficient (Wildman–Crippen LogP) is 2.48. The Kier molecular flexibility index (Phi) is 4.29. The van der Waals surface area contributed by atoms with Gasteiger partial charge in [-0.05, 0) is 18.6 Å². The summed E-state index contributed by atoms with van der Waals surface area (Å²) in [5.41, 5.74) is 1.51. The zero-order chi connectivity index (χ0) is 15.5. The van der Waals surface area contributed by atoms with E-state index in [1.54, 1.807) is 10.6 Å². The largest absolute Gasteiger partial charge is 0.326 e. The van der Waals surface area contributed by atoms with E-state index in [2.05, 4.69) is 10.3 Å². The highest BCUT2D eigenvalue weighted by Crippen LogP contribution is 2.32. The summed E-state index contributed by atoms with van der Waals surface area (Å²) >= 11 is 1.54. The van der Waals surface area contributed by atoms with Crippen molar-refractivity contribution in [3.05, 3.63) is 52.4 Å². The van der Waals surface area contributed by atoms with Crippen LogP contribution >= 0.6 is 11.8 Å². The number of carbonyl (C=O) groups excluding carboxylic acids is 1. The molecule has 2 aromatic rings. The molecule has 1 aliphatic heterocycles. The van der Waals surface area contributed by atoms with E-state index in [0.717, 1.165) is 23.0 Å². The van der Waals surface area contributed by atoms with Crippen LogP contribution in [0.3, 0.4) is 0 Å². The minimum Gasteiger partial charge on any atom is -0.326 e. The Hall–Kier alpha value is -2.08. The molecular formula is C16H17N3O2S. The Labute approximate surface area is 132 Å². The summed E-state index contributed by atoms with van der Waals surface area (Å²) in [4.78, 5) is 28.8. The van der Waals surface area contributed by atoms with E-state index in [9.17, 15) is 9.59 Å². The van der Waals surface area contributed by atoms with Crippen LogP contribution in [0.1, 0.15) is 25.1 Å². The summed E-state index contributed by atoms with van der Waals surface area (Å²) in [7, 11) is 0. The van der Waals surface area contributed by atoms with Gasteiger partial charge in [-0.3, -0.25) is 14.2 Å². The summed E-state index contributed by atoms with van der Waals surface area (Å²) in [6, 6.07) is 10.8. The van der Waals surface area contributed by atoms with Gasteiger partial charge >= 0.3 is 0 Å². The van der Waals surface area contributed by atoms with Gasteiger partial charge in [-0.2, -0.15) is 0 Å². The Bertz CT molecular complexity index is 743. The molecule has 1 aliphatic rings. The van der Waals surface area contributed by atoms with Gasteiger partial charge in [-0.25, -0.2) is 4.98 Å². The highest BCUT2D eigenvalue weighted by Gasteiger charge is 2.27. The molecule has 0 spiro atoms. The fourth-order valence-electron chi connectivity index (χ4n) is 2.48. The van der Waals surface area contributed by atoms with Gasteiger partial charge in [0.25, 0.3) is 5.56 Å². The fraction of sp³-hybridized carbons (Fsp3) is 0.312. The first-order valence-electron chi connectivity index (χ1n) is 7.27. The first-order valence-corrected chi connectivity index (χ1v) is 8.26. The summed E-state index contributed by atoms with van der Waals surface area (Å²) in [5, 5.41) is 3.58. The van der Waals surface area contributed by atoms with Crippen molar-refractivity contribution in [2.24, 2.45) is 0 Å². The molecule has 2 heterocycles. The van der Waals surface area contributed by atoms with Gasteiger partial charge in [0.2, 0.25) is 5.91 Å². The van der Waals surface area contributed by atoms with Gasteiger partial charge < -0.3 is 5.32 Å². The monoisotopic (exact) mass is 315 g/mol. The Balaban J connectivity index is 1.74. The number of aryl methyl sites for hydroxylation is 1. The van der Waals surface area contributed by atoms with Gasteiger partial charge in [-0.1, -0.05) is 36.9 Å². The Morgan fingerprint density at radius 1 is 1.41 bits per heavy atom. The number of anilines is 1. The number of benzene rings is 1. The lowest BCUT2D eigenvalue weighted by molar-refractivity contribution is -0.116. The number of carbonyl (C=O) groups is 1. The molecule has 5 nitrogen and oxygen atoms in total. The summed E-state index contributed by atoms with van der Waals surface area (Å²) < 4.78 is 1.65. The zero-order valence-electron chi connectivity index (χ0n) is 12.3. The molecular weight excluding hydrogens is 298 g/mol. The summed E-state index contributed by atoms with van der Waals surface area (Å²) in [6.07, 6.45) is 1.02. The lowest BCUT2D eigenvalue weighted by Crippen LogP contribution is -2.27.